The van der Waals surface area contributed by atoms with Crippen LogP contribution in [-0.4, -0.2) is 104 Å². The Morgan fingerprint density at radius 3 is 2.11 bits per heavy atom. The molecular weight excluding hydrogens is 722 g/mol. The van der Waals surface area contributed by atoms with Crippen molar-refractivity contribution in [2.75, 3.05) is 25.5 Å². The maximum absolute atomic E-state index is 14.3. The number of nitrogens with one attached hydrogen (secondary N) is 1. The lowest BCUT2D eigenvalue weighted by atomic mass is 9.78. The molecule has 0 unspecified atom stereocenters. The van der Waals surface area contributed by atoms with Crippen LogP contribution in [0.5, 0.6) is 23.0 Å². The van der Waals surface area contributed by atoms with E-state index in [0.29, 0.717) is 13.1 Å². The van der Waals surface area contributed by atoms with Gasteiger partial charge in [0, 0.05) is 67.3 Å². The molecule has 2 aromatic carbocycles. The van der Waals surface area contributed by atoms with Crippen molar-refractivity contribution in [1.82, 2.24) is 5.01 Å². The molecule has 9 atom stereocenters. The standard InChI is InChI=1S/C42H59N3O11/c1-11-17-45(18-12-2)43-20-27-32-38(51)30-29(37(27)50)31-39(26(8)36(30)49)56-42(9,40(31)52)55-19-16-28(54-10)23(5)34(47)25(7)35(48)24(6)33(46)21(3)14-13-15-22(4)41(53)44-32/h13-16,19-21,23-25,28,33-35,46-51H,11-12,17-18H2,1-10H3,(H,44,53)/b14-13+,19-16+,22-15+,43-20+/t21-,23+,24+,25-,28-,33-,34+,35+,42-/m0/s1. The van der Waals surface area contributed by atoms with Gasteiger partial charge in [-0.25, -0.2) is 0 Å². The monoisotopic (exact) mass is 781 g/mol. The molecule has 0 aliphatic carbocycles. The lowest BCUT2D eigenvalue weighted by Crippen LogP contribution is -2.44. The number of ether oxygens (including phenoxy) is 3. The van der Waals surface area contributed by atoms with Gasteiger partial charge in [0.25, 0.3) is 11.7 Å². The summed E-state index contributed by atoms with van der Waals surface area (Å²) in [6.07, 6.45) is 6.33. The molecular formula is C42H59N3O11. The van der Waals surface area contributed by atoms with E-state index in [-0.39, 0.29) is 44.5 Å². The molecule has 3 heterocycles. The number of benzene rings is 2. The highest BCUT2D eigenvalue weighted by atomic mass is 16.7. The Kier molecular flexibility index (Phi) is 14.2. The largest absolute Gasteiger partial charge is 0.507 e. The van der Waals surface area contributed by atoms with Gasteiger partial charge in [0.05, 0.1) is 59.1 Å². The van der Waals surface area contributed by atoms with E-state index in [1.807, 2.05) is 13.8 Å². The van der Waals surface area contributed by atoms with Gasteiger partial charge in [-0.3, -0.25) is 14.6 Å². The summed E-state index contributed by atoms with van der Waals surface area (Å²) in [5.41, 5.74) is -0.294. The van der Waals surface area contributed by atoms with E-state index in [1.165, 1.54) is 52.5 Å². The van der Waals surface area contributed by atoms with Crippen molar-refractivity contribution >= 4 is 34.4 Å². The van der Waals surface area contributed by atoms with Crippen LogP contribution < -0.4 is 10.1 Å². The minimum atomic E-state index is -2.01. The fraction of sp³-hybridized carbons (Fsp3) is 0.548. The van der Waals surface area contributed by atoms with Gasteiger partial charge in [-0.15, -0.1) is 0 Å². The SMILES string of the molecule is CCCN(CCC)/N=C/c1c2c(O)c3c(O)c(C)c4c(c3c1O)C(=O)[C@@](C)(O/C=C/[C@H](OC)[C@@H](C)[C@@H](O)[C@H](C)[C@H](O)[C@H](C)[C@@H](O)[C@@H](C)/C=C/C=C(\C)C(=O)N2)O4. The molecule has 56 heavy (non-hydrogen) atoms. The van der Waals surface area contributed by atoms with E-state index in [2.05, 4.69) is 10.4 Å². The zero-order chi connectivity index (χ0) is 41.8. The first-order chi connectivity index (χ1) is 26.4. The second-order valence-corrected chi connectivity index (χ2v) is 15.2. The molecule has 0 spiro atoms. The number of phenolic OH excluding ortho intramolecular Hbond substituents is 3. The number of amides is 1. The third kappa shape index (κ3) is 8.53. The van der Waals surface area contributed by atoms with Crippen molar-refractivity contribution in [3.8, 4) is 23.0 Å². The minimum Gasteiger partial charge on any atom is -0.507 e. The summed E-state index contributed by atoms with van der Waals surface area (Å²) < 4.78 is 17.7. The van der Waals surface area contributed by atoms with Gasteiger partial charge >= 0.3 is 5.79 Å². The van der Waals surface area contributed by atoms with Crippen molar-refractivity contribution < 1.29 is 54.4 Å². The molecule has 308 valence electrons. The first-order valence-electron chi connectivity index (χ1n) is 19.2. The number of aromatic hydroxyl groups is 3. The molecule has 3 aliphatic heterocycles. The Hall–Kier alpha value is -4.63. The number of carbonyl (C=O) groups is 2. The van der Waals surface area contributed by atoms with Crippen molar-refractivity contribution in [3.63, 3.8) is 0 Å². The average molecular weight is 782 g/mol. The van der Waals surface area contributed by atoms with E-state index in [0.717, 1.165) is 12.8 Å². The number of hydrogen-bond acceptors (Lipinski definition) is 13. The van der Waals surface area contributed by atoms with Crippen LogP contribution in [0.2, 0.25) is 0 Å². The van der Waals surface area contributed by atoms with E-state index >= 15 is 0 Å². The molecule has 14 heteroatoms. The minimum absolute atomic E-state index is 0.0685. The molecule has 0 saturated heterocycles. The maximum Gasteiger partial charge on any atom is 0.312 e. The number of anilines is 1. The van der Waals surface area contributed by atoms with Crippen LogP contribution in [0, 0.1) is 30.6 Å². The van der Waals surface area contributed by atoms with Crippen molar-refractivity contribution in [1.29, 1.82) is 0 Å². The van der Waals surface area contributed by atoms with E-state index in [1.54, 1.807) is 44.9 Å². The van der Waals surface area contributed by atoms with Crippen LogP contribution in [0.1, 0.15) is 89.7 Å². The number of aliphatic hydroxyl groups excluding tert-OH is 3. The number of carbonyl (C=O) groups excluding carboxylic acids is 2. The van der Waals surface area contributed by atoms with Crippen molar-refractivity contribution in [2.45, 2.75) is 105 Å². The normalized spacial score (nSPS) is 31.2. The highest BCUT2D eigenvalue weighted by molar-refractivity contribution is 6.23. The number of rotatable bonds is 7. The van der Waals surface area contributed by atoms with E-state index in [4.69, 9.17) is 14.2 Å². The zero-order valence-electron chi connectivity index (χ0n) is 34.0. The van der Waals surface area contributed by atoms with Crippen LogP contribution in [0.15, 0.2) is 41.2 Å². The molecule has 14 nitrogen and oxygen atoms in total. The molecule has 5 rings (SSSR count). The second-order valence-electron chi connectivity index (χ2n) is 15.2. The molecule has 7 N–H and O–H groups in total. The molecule has 2 aromatic rings. The zero-order valence-corrected chi connectivity index (χ0v) is 34.0. The smallest absolute Gasteiger partial charge is 0.312 e. The van der Waals surface area contributed by atoms with Gasteiger partial charge < -0.3 is 50.2 Å². The van der Waals surface area contributed by atoms with Crippen LogP contribution in [0.3, 0.4) is 0 Å². The summed E-state index contributed by atoms with van der Waals surface area (Å²) in [5, 5.41) is 77.7. The Morgan fingerprint density at radius 1 is 0.893 bits per heavy atom. The Balaban J connectivity index is 1.98. The van der Waals surface area contributed by atoms with Crippen molar-refractivity contribution in [2.24, 2.45) is 28.8 Å². The topological polar surface area (TPSA) is 211 Å². The lowest BCUT2D eigenvalue weighted by Gasteiger charge is -2.36. The predicted octanol–water partition coefficient (Wildman–Crippen LogP) is 5.64. The summed E-state index contributed by atoms with van der Waals surface area (Å²) in [6, 6.07) is 0. The summed E-state index contributed by atoms with van der Waals surface area (Å²) in [5.74, 6) is -7.59. The maximum atomic E-state index is 14.3. The van der Waals surface area contributed by atoms with Crippen LogP contribution in [0.25, 0.3) is 10.8 Å². The number of Topliss-reactive ketones (excluding diaryl/α,β-unsaturated/α-hetero) is 1. The van der Waals surface area contributed by atoms with Gasteiger partial charge in [0.2, 0.25) is 0 Å². The number of fused-ring (bicyclic) bond motifs is 14. The predicted molar refractivity (Wildman–Crippen MR) is 214 cm³/mol. The summed E-state index contributed by atoms with van der Waals surface area (Å²) in [4.78, 5) is 28.0. The summed E-state index contributed by atoms with van der Waals surface area (Å²) in [7, 11) is 1.44. The number of aliphatic hydroxyl groups is 3. The van der Waals surface area contributed by atoms with Gasteiger partial charge in [0.15, 0.2) is 5.75 Å². The molecule has 0 saturated carbocycles. The molecule has 0 radical (unpaired) electrons. The van der Waals surface area contributed by atoms with Crippen LogP contribution in [-0.2, 0) is 14.3 Å². The quantitative estimate of drug-likeness (QED) is 0.0788. The van der Waals surface area contributed by atoms with E-state index < -0.39 is 82.8 Å². The first kappa shape index (κ1) is 44.1. The third-order valence-corrected chi connectivity index (χ3v) is 11.1. The van der Waals surface area contributed by atoms with Gasteiger partial charge in [-0.05, 0) is 32.8 Å². The molecule has 5 bridgehead atoms. The molecule has 1 amide bonds. The third-order valence-electron chi connectivity index (χ3n) is 11.1. The van der Waals surface area contributed by atoms with E-state index in [9.17, 15) is 40.2 Å². The Labute approximate surface area is 328 Å². The van der Waals surface area contributed by atoms with Gasteiger partial charge in [-0.1, -0.05) is 59.8 Å². The summed E-state index contributed by atoms with van der Waals surface area (Å²) >= 11 is 0. The fourth-order valence-electron chi connectivity index (χ4n) is 7.36. The molecule has 0 fully saturated rings. The first-order valence-corrected chi connectivity index (χ1v) is 19.2. The average Bonchev–Trinajstić information content (AvgIpc) is 3.43. The number of methoxy groups -OCH3 is 1. The fourth-order valence-corrected chi connectivity index (χ4v) is 7.36. The van der Waals surface area contributed by atoms with Crippen LogP contribution >= 0.6 is 0 Å². The summed E-state index contributed by atoms with van der Waals surface area (Å²) in [6.45, 7) is 16.4. The number of phenols is 3. The lowest BCUT2D eigenvalue weighted by molar-refractivity contribution is -0.112. The number of nitrogens with zero attached hydrogens (tertiary/aromatic N) is 2. The molecule has 0 aromatic heterocycles. The van der Waals surface area contributed by atoms with Crippen molar-refractivity contribution in [3.05, 3.63) is 52.8 Å². The van der Waals surface area contributed by atoms with Gasteiger partial charge in [0.1, 0.15) is 17.2 Å². The number of hydrogen-bond donors (Lipinski definition) is 7. The van der Waals surface area contributed by atoms with Gasteiger partial charge in [-0.2, -0.15) is 5.10 Å². The Morgan fingerprint density at radius 2 is 1.50 bits per heavy atom. The highest BCUT2D eigenvalue weighted by Crippen LogP contribution is 2.55. The Bertz CT molecular complexity index is 1900. The number of allylic oxidation sites excluding steroid dienone is 2. The highest BCUT2D eigenvalue weighted by Gasteiger charge is 2.50. The number of ketones is 1. The molecule has 3 aliphatic rings. The second kappa shape index (κ2) is 18.1. The number of hydrazone groups is 1. The van der Waals surface area contributed by atoms with Crippen LogP contribution in [0.4, 0.5) is 5.69 Å².